The molecule has 0 radical (unpaired) electrons. The number of benzene rings is 3. The van der Waals surface area contributed by atoms with Gasteiger partial charge in [0.2, 0.25) is 0 Å². The fourth-order valence-electron chi connectivity index (χ4n) is 11.3. The minimum atomic E-state index is 0.127. The topological polar surface area (TPSA) is 3.24 Å². The van der Waals surface area contributed by atoms with Crippen LogP contribution in [0.5, 0.6) is 0 Å². The van der Waals surface area contributed by atoms with Crippen molar-refractivity contribution in [1.29, 1.82) is 0 Å². The van der Waals surface area contributed by atoms with Crippen molar-refractivity contribution >= 4 is 22.6 Å². The van der Waals surface area contributed by atoms with Gasteiger partial charge in [0.1, 0.15) is 0 Å². The van der Waals surface area contributed by atoms with E-state index in [0.29, 0.717) is 17.8 Å². The van der Waals surface area contributed by atoms with E-state index in [1.165, 1.54) is 156 Å². The first kappa shape index (κ1) is 45.0. The van der Waals surface area contributed by atoms with Crippen molar-refractivity contribution in [3.63, 3.8) is 0 Å². The van der Waals surface area contributed by atoms with Gasteiger partial charge < -0.3 is 4.90 Å². The van der Waals surface area contributed by atoms with E-state index in [1.54, 1.807) is 16.7 Å². The summed E-state index contributed by atoms with van der Waals surface area (Å²) in [6, 6.07) is 27.1. The van der Waals surface area contributed by atoms with Gasteiger partial charge in [-0.25, -0.2) is 0 Å². The molecule has 0 saturated heterocycles. The van der Waals surface area contributed by atoms with E-state index in [2.05, 4.69) is 146 Å². The molecule has 0 heterocycles. The molecule has 57 heavy (non-hydrogen) atoms. The first-order valence-corrected chi connectivity index (χ1v) is 24.3. The van der Waals surface area contributed by atoms with E-state index in [4.69, 9.17) is 0 Å². The summed E-state index contributed by atoms with van der Waals surface area (Å²) in [5.74, 6) is 1.86. The number of fused-ring (bicyclic) bond motifs is 2. The first-order chi connectivity index (χ1) is 27.8. The van der Waals surface area contributed by atoms with Crippen molar-refractivity contribution in [2.75, 3.05) is 4.90 Å². The molecule has 2 atom stereocenters. The van der Waals surface area contributed by atoms with Crippen LogP contribution in [0.1, 0.15) is 219 Å². The maximum atomic E-state index is 2.67. The van der Waals surface area contributed by atoms with E-state index < -0.39 is 0 Å². The molecule has 2 aliphatic rings. The fraction of sp³-hybridized carbons (Fsp3) is 0.607. The second kappa shape index (κ2) is 21.8. The zero-order valence-corrected chi connectivity index (χ0v) is 38.3. The molecule has 0 aromatic heterocycles. The van der Waals surface area contributed by atoms with E-state index in [1.807, 2.05) is 0 Å². The van der Waals surface area contributed by atoms with Crippen LogP contribution in [0.2, 0.25) is 0 Å². The highest BCUT2D eigenvalue weighted by Gasteiger charge is 2.45. The van der Waals surface area contributed by atoms with E-state index >= 15 is 0 Å². The van der Waals surface area contributed by atoms with Crippen LogP contribution < -0.4 is 4.90 Å². The monoisotopic (exact) mass is 770 g/mol. The summed E-state index contributed by atoms with van der Waals surface area (Å²) < 4.78 is 0. The Kier molecular flexibility index (Phi) is 17.2. The predicted octanol–water partition coefficient (Wildman–Crippen LogP) is 18.3. The van der Waals surface area contributed by atoms with Crippen molar-refractivity contribution in [1.82, 2.24) is 0 Å². The third-order valence-electron chi connectivity index (χ3n) is 15.1. The van der Waals surface area contributed by atoms with E-state index in [0.717, 1.165) is 6.42 Å². The lowest BCUT2D eigenvalue weighted by Crippen LogP contribution is -2.33. The van der Waals surface area contributed by atoms with Crippen molar-refractivity contribution in [3.05, 3.63) is 107 Å². The molecular formula is C56H83N. The van der Waals surface area contributed by atoms with Crippen molar-refractivity contribution in [3.8, 4) is 0 Å². The summed E-state index contributed by atoms with van der Waals surface area (Å²) in [5.41, 5.74) is 13.6. The van der Waals surface area contributed by atoms with Gasteiger partial charge in [-0.05, 0) is 126 Å². The van der Waals surface area contributed by atoms with Crippen LogP contribution >= 0.6 is 0 Å². The lowest BCUT2D eigenvalue weighted by atomic mass is 9.65. The Labute approximate surface area is 352 Å². The van der Waals surface area contributed by atoms with E-state index in [-0.39, 0.29) is 10.8 Å². The highest BCUT2D eigenvalue weighted by molar-refractivity contribution is 5.89. The molecule has 0 saturated carbocycles. The fourth-order valence-corrected chi connectivity index (χ4v) is 11.3. The Hall–Kier alpha value is -3.06. The smallest absolute Gasteiger partial charge is 0.0465 e. The van der Waals surface area contributed by atoms with Crippen LogP contribution in [-0.4, -0.2) is 0 Å². The van der Waals surface area contributed by atoms with Gasteiger partial charge in [0.25, 0.3) is 0 Å². The number of hydrogen-bond donors (Lipinski definition) is 0. The van der Waals surface area contributed by atoms with Crippen LogP contribution in [0.25, 0.3) is 5.57 Å². The average molecular weight is 770 g/mol. The second-order valence-corrected chi connectivity index (χ2v) is 18.4. The number of unbranched alkanes of at least 4 members (excludes halogenated alkanes) is 10. The molecular weight excluding hydrogens is 687 g/mol. The molecule has 0 N–H and O–H groups in total. The number of allylic oxidation sites excluding steroid dienone is 4. The number of anilines is 3. The highest BCUT2D eigenvalue weighted by Crippen LogP contribution is 2.57. The van der Waals surface area contributed by atoms with Crippen molar-refractivity contribution < 1.29 is 0 Å². The normalized spacial score (nSPS) is 16.6. The van der Waals surface area contributed by atoms with Gasteiger partial charge in [-0.15, -0.1) is 0 Å². The summed E-state index contributed by atoms with van der Waals surface area (Å²) in [4.78, 5) is 2.58. The molecule has 0 bridgehead atoms. The second-order valence-electron chi connectivity index (χ2n) is 18.4. The summed E-state index contributed by atoms with van der Waals surface area (Å²) in [5, 5.41) is 0. The zero-order valence-electron chi connectivity index (χ0n) is 38.3. The molecule has 1 heteroatoms. The molecule has 3 aromatic rings. The van der Waals surface area contributed by atoms with Gasteiger partial charge in [-0.1, -0.05) is 200 Å². The van der Waals surface area contributed by atoms with Gasteiger partial charge in [-0.2, -0.15) is 0 Å². The molecule has 1 nitrogen and oxygen atoms in total. The maximum Gasteiger partial charge on any atom is 0.0465 e. The quantitative estimate of drug-likeness (QED) is 0.0776. The van der Waals surface area contributed by atoms with Gasteiger partial charge in [0.15, 0.2) is 0 Å². The Morgan fingerprint density at radius 1 is 0.632 bits per heavy atom. The van der Waals surface area contributed by atoms with Gasteiger partial charge >= 0.3 is 0 Å². The van der Waals surface area contributed by atoms with Gasteiger partial charge in [0.05, 0.1) is 0 Å². The van der Waals surface area contributed by atoms with Crippen LogP contribution in [-0.2, 0) is 10.8 Å². The average Bonchev–Trinajstić information content (AvgIpc) is 3.50. The Morgan fingerprint density at radius 2 is 1.16 bits per heavy atom. The molecule has 3 aromatic carbocycles. The van der Waals surface area contributed by atoms with Crippen LogP contribution in [0, 0.1) is 11.8 Å². The van der Waals surface area contributed by atoms with E-state index in [9.17, 15) is 0 Å². The number of nitrogens with zero attached hydrogens (tertiary/aromatic N) is 1. The molecule has 0 spiro atoms. The predicted molar refractivity (Wildman–Crippen MR) is 254 cm³/mol. The molecule has 0 aliphatic heterocycles. The first-order valence-electron chi connectivity index (χ1n) is 24.3. The van der Waals surface area contributed by atoms with Gasteiger partial charge in [-0.3, -0.25) is 0 Å². The zero-order chi connectivity index (χ0) is 40.8. The largest absolute Gasteiger partial charge is 0.310 e. The van der Waals surface area contributed by atoms with Crippen LogP contribution in [0.4, 0.5) is 17.1 Å². The third kappa shape index (κ3) is 10.0. The minimum absolute atomic E-state index is 0.127. The molecule has 5 rings (SSSR count). The third-order valence-corrected chi connectivity index (χ3v) is 15.1. The summed E-state index contributed by atoms with van der Waals surface area (Å²) in [7, 11) is 0. The summed E-state index contributed by atoms with van der Waals surface area (Å²) >= 11 is 0. The minimum Gasteiger partial charge on any atom is -0.310 e. The summed E-state index contributed by atoms with van der Waals surface area (Å²) in [6.07, 6.45) is 31.0. The molecule has 0 fully saturated rings. The maximum absolute atomic E-state index is 2.67. The molecule has 312 valence electrons. The van der Waals surface area contributed by atoms with Crippen LogP contribution in [0.15, 0.2) is 84.5 Å². The molecule has 2 aliphatic carbocycles. The van der Waals surface area contributed by atoms with Gasteiger partial charge in [0, 0.05) is 22.5 Å². The van der Waals surface area contributed by atoms with Crippen LogP contribution in [0.3, 0.4) is 0 Å². The number of rotatable bonds is 25. The number of hydrogen-bond acceptors (Lipinski definition) is 1. The SMILES string of the molecule is CCCCCCCCC1(CCCCCCCC)C2=C(C=CC(C)C2)c2ccc(N(c3ccc(C(C)CC)cc3)c3ccc(C(CC)(CC)C(CC)CC)cc3)cc21. The Morgan fingerprint density at radius 3 is 1.68 bits per heavy atom. The van der Waals surface area contributed by atoms with Crippen molar-refractivity contribution in [2.45, 2.75) is 207 Å². The highest BCUT2D eigenvalue weighted by atomic mass is 15.1. The lowest BCUT2D eigenvalue weighted by Gasteiger charge is -2.40. The Balaban J connectivity index is 1.63. The Bertz CT molecular complexity index is 1680. The molecule has 0 amide bonds. The molecule has 2 unspecified atom stereocenters. The summed E-state index contributed by atoms with van der Waals surface area (Å²) in [6.45, 7) is 21.4. The standard InChI is InChI=1S/C56H83N/c1-10-17-19-21-23-25-39-56(40-26-24-22-20-18-11-2)53-41-43(8)27-37-51(53)52-38-36-50(42-54(52)56)57(48-32-28-45(29-33-48)44(9)12-3)49-34-30-47(31-35-49)55(15-6,16-7)46(13-4)14-5/h27-38,42-44,46H,10-26,39-41H2,1-9H3. The van der Waals surface area contributed by atoms with Crippen molar-refractivity contribution in [2.24, 2.45) is 11.8 Å². The lowest BCUT2D eigenvalue weighted by molar-refractivity contribution is 0.231.